The SMILES string of the molecule is COc1cccc(C(=O)O[C@H](C)C(=O)Nc2ccccc2C#N)c1. The minimum Gasteiger partial charge on any atom is -0.497 e. The Labute approximate surface area is 139 Å². The van der Waals surface area contributed by atoms with Gasteiger partial charge in [0.05, 0.1) is 23.9 Å². The van der Waals surface area contributed by atoms with Gasteiger partial charge in [-0.15, -0.1) is 0 Å². The Kier molecular flexibility index (Phi) is 5.53. The summed E-state index contributed by atoms with van der Waals surface area (Å²) < 4.78 is 10.2. The predicted molar refractivity (Wildman–Crippen MR) is 87.7 cm³/mol. The van der Waals surface area contributed by atoms with Crippen molar-refractivity contribution in [3.05, 3.63) is 59.7 Å². The van der Waals surface area contributed by atoms with Crippen LogP contribution >= 0.6 is 0 Å². The lowest BCUT2D eigenvalue weighted by atomic mass is 10.2. The maximum atomic E-state index is 12.1. The number of nitrogens with one attached hydrogen (secondary N) is 1. The van der Waals surface area contributed by atoms with Gasteiger partial charge in [-0.2, -0.15) is 5.26 Å². The number of benzene rings is 2. The number of anilines is 1. The molecule has 0 heterocycles. The fourth-order valence-corrected chi connectivity index (χ4v) is 1.96. The van der Waals surface area contributed by atoms with Gasteiger partial charge in [-0.1, -0.05) is 18.2 Å². The summed E-state index contributed by atoms with van der Waals surface area (Å²) in [5.41, 5.74) is 0.984. The molecule has 122 valence electrons. The van der Waals surface area contributed by atoms with Gasteiger partial charge < -0.3 is 14.8 Å². The first kappa shape index (κ1) is 17.0. The molecule has 1 amide bonds. The Morgan fingerprint density at radius 2 is 1.92 bits per heavy atom. The molecule has 2 rings (SSSR count). The number of methoxy groups -OCH3 is 1. The van der Waals surface area contributed by atoms with E-state index in [4.69, 9.17) is 14.7 Å². The molecular weight excluding hydrogens is 308 g/mol. The summed E-state index contributed by atoms with van der Waals surface area (Å²) in [6, 6.07) is 15.0. The molecule has 0 aliphatic heterocycles. The number of hydrogen-bond donors (Lipinski definition) is 1. The van der Waals surface area contributed by atoms with E-state index in [9.17, 15) is 9.59 Å². The van der Waals surface area contributed by atoms with Crippen molar-refractivity contribution >= 4 is 17.6 Å². The highest BCUT2D eigenvalue weighted by molar-refractivity contribution is 5.98. The Balaban J connectivity index is 2.03. The van der Waals surface area contributed by atoms with Crippen molar-refractivity contribution in [2.75, 3.05) is 12.4 Å². The number of carbonyl (C=O) groups excluding carboxylic acids is 2. The van der Waals surface area contributed by atoms with Crippen LogP contribution in [0, 0.1) is 11.3 Å². The number of esters is 1. The highest BCUT2D eigenvalue weighted by Gasteiger charge is 2.20. The topological polar surface area (TPSA) is 88.4 Å². The van der Waals surface area contributed by atoms with E-state index in [2.05, 4.69) is 5.32 Å². The Hall–Kier alpha value is -3.33. The van der Waals surface area contributed by atoms with Gasteiger partial charge in [0.15, 0.2) is 6.10 Å². The third-order valence-electron chi connectivity index (χ3n) is 3.26. The Bertz CT molecular complexity index is 796. The van der Waals surface area contributed by atoms with Crippen LogP contribution < -0.4 is 10.1 Å². The average molecular weight is 324 g/mol. The number of hydrogen-bond acceptors (Lipinski definition) is 5. The second-order valence-corrected chi connectivity index (χ2v) is 4.93. The molecule has 6 nitrogen and oxygen atoms in total. The van der Waals surface area contributed by atoms with Crippen LogP contribution in [0.3, 0.4) is 0 Å². The van der Waals surface area contributed by atoms with Crippen molar-refractivity contribution in [1.29, 1.82) is 5.26 Å². The first-order valence-electron chi connectivity index (χ1n) is 7.20. The van der Waals surface area contributed by atoms with Gasteiger partial charge in [0.1, 0.15) is 11.8 Å². The van der Waals surface area contributed by atoms with Crippen molar-refractivity contribution in [1.82, 2.24) is 0 Å². The molecular formula is C18H16N2O4. The zero-order chi connectivity index (χ0) is 17.5. The minimum atomic E-state index is -1.02. The van der Waals surface area contributed by atoms with Crippen LogP contribution in [0.5, 0.6) is 5.75 Å². The van der Waals surface area contributed by atoms with Gasteiger partial charge in [-0.3, -0.25) is 4.79 Å². The monoisotopic (exact) mass is 324 g/mol. The molecule has 0 radical (unpaired) electrons. The van der Waals surface area contributed by atoms with Crippen molar-refractivity contribution in [3.8, 4) is 11.8 Å². The van der Waals surface area contributed by atoms with Gasteiger partial charge in [0, 0.05) is 0 Å². The number of nitriles is 1. The van der Waals surface area contributed by atoms with E-state index in [1.54, 1.807) is 42.5 Å². The van der Waals surface area contributed by atoms with Crippen LogP contribution in [0.1, 0.15) is 22.8 Å². The molecule has 1 atom stereocenters. The molecule has 0 saturated carbocycles. The van der Waals surface area contributed by atoms with E-state index in [-0.39, 0.29) is 5.56 Å². The zero-order valence-corrected chi connectivity index (χ0v) is 13.3. The molecule has 6 heteroatoms. The largest absolute Gasteiger partial charge is 0.497 e. The first-order valence-corrected chi connectivity index (χ1v) is 7.20. The molecule has 24 heavy (non-hydrogen) atoms. The number of nitrogens with zero attached hydrogens (tertiary/aromatic N) is 1. The van der Waals surface area contributed by atoms with Crippen LogP contribution in [-0.2, 0) is 9.53 Å². The van der Waals surface area contributed by atoms with Crippen molar-refractivity contribution < 1.29 is 19.1 Å². The summed E-state index contributed by atoms with van der Waals surface area (Å²) >= 11 is 0. The molecule has 0 bridgehead atoms. The third-order valence-corrected chi connectivity index (χ3v) is 3.26. The van der Waals surface area contributed by atoms with Gasteiger partial charge in [-0.05, 0) is 37.3 Å². The second-order valence-electron chi connectivity index (χ2n) is 4.93. The smallest absolute Gasteiger partial charge is 0.339 e. The lowest BCUT2D eigenvalue weighted by molar-refractivity contribution is -0.123. The summed E-state index contributed by atoms with van der Waals surface area (Å²) in [7, 11) is 1.49. The Morgan fingerprint density at radius 1 is 1.17 bits per heavy atom. The van der Waals surface area contributed by atoms with E-state index < -0.39 is 18.0 Å². The van der Waals surface area contributed by atoms with Gasteiger partial charge in [0.2, 0.25) is 0 Å². The summed E-state index contributed by atoms with van der Waals surface area (Å²) in [6.07, 6.45) is -1.02. The predicted octanol–water partition coefficient (Wildman–Crippen LogP) is 2.75. The van der Waals surface area contributed by atoms with E-state index in [1.807, 2.05) is 6.07 Å². The standard InChI is InChI=1S/C18H16N2O4/c1-12(17(21)20-16-9-4-3-6-14(16)11-19)24-18(22)13-7-5-8-15(10-13)23-2/h3-10,12H,1-2H3,(H,20,21)/t12-/m1/s1. The number of amides is 1. The molecule has 1 N–H and O–H groups in total. The highest BCUT2D eigenvalue weighted by Crippen LogP contribution is 2.16. The quantitative estimate of drug-likeness (QED) is 0.854. The van der Waals surface area contributed by atoms with Crippen LogP contribution in [0.2, 0.25) is 0 Å². The molecule has 0 unspecified atom stereocenters. The summed E-state index contributed by atoms with van der Waals surface area (Å²) in [6.45, 7) is 1.46. The van der Waals surface area contributed by atoms with Crippen molar-refractivity contribution in [2.45, 2.75) is 13.0 Å². The average Bonchev–Trinajstić information content (AvgIpc) is 2.62. The molecule has 0 spiro atoms. The molecule has 0 aliphatic rings. The lowest BCUT2D eigenvalue weighted by Crippen LogP contribution is -2.30. The van der Waals surface area contributed by atoms with Crippen LogP contribution in [0.25, 0.3) is 0 Å². The minimum absolute atomic E-state index is 0.284. The molecule has 2 aromatic rings. The summed E-state index contributed by atoms with van der Waals surface area (Å²) in [4.78, 5) is 24.2. The van der Waals surface area contributed by atoms with E-state index in [0.29, 0.717) is 17.0 Å². The summed E-state index contributed by atoms with van der Waals surface area (Å²) in [5, 5.41) is 11.6. The maximum absolute atomic E-state index is 12.1. The third kappa shape index (κ3) is 4.11. The van der Waals surface area contributed by atoms with Crippen LogP contribution in [-0.4, -0.2) is 25.1 Å². The number of ether oxygens (including phenoxy) is 2. The zero-order valence-electron chi connectivity index (χ0n) is 13.3. The maximum Gasteiger partial charge on any atom is 0.339 e. The lowest BCUT2D eigenvalue weighted by Gasteiger charge is -2.14. The fourth-order valence-electron chi connectivity index (χ4n) is 1.96. The molecule has 0 fully saturated rings. The summed E-state index contributed by atoms with van der Waals surface area (Å²) in [5.74, 6) is -0.636. The Morgan fingerprint density at radius 3 is 2.62 bits per heavy atom. The van der Waals surface area contributed by atoms with Gasteiger partial charge in [0.25, 0.3) is 5.91 Å². The van der Waals surface area contributed by atoms with Crippen molar-refractivity contribution in [2.24, 2.45) is 0 Å². The number of para-hydroxylation sites is 1. The van der Waals surface area contributed by atoms with E-state index in [0.717, 1.165) is 0 Å². The second kappa shape index (κ2) is 7.79. The normalized spacial score (nSPS) is 11.0. The molecule has 2 aromatic carbocycles. The van der Waals surface area contributed by atoms with E-state index in [1.165, 1.54) is 20.1 Å². The van der Waals surface area contributed by atoms with Gasteiger partial charge in [-0.25, -0.2) is 4.79 Å². The highest BCUT2D eigenvalue weighted by atomic mass is 16.5. The van der Waals surface area contributed by atoms with Gasteiger partial charge >= 0.3 is 5.97 Å². The van der Waals surface area contributed by atoms with Crippen LogP contribution in [0.4, 0.5) is 5.69 Å². The number of rotatable bonds is 5. The number of carbonyl (C=O) groups is 2. The van der Waals surface area contributed by atoms with E-state index >= 15 is 0 Å². The molecule has 0 aliphatic carbocycles. The van der Waals surface area contributed by atoms with Crippen molar-refractivity contribution in [3.63, 3.8) is 0 Å². The first-order chi connectivity index (χ1) is 11.5. The molecule has 0 aromatic heterocycles. The molecule has 0 saturated heterocycles. The van der Waals surface area contributed by atoms with Crippen LogP contribution in [0.15, 0.2) is 48.5 Å². The fraction of sp³-hybridized carbons (Fsp3) is 0.167.